The maximum absolute atomic E-state index is 12.0. The minimum absolute atomic E-state index is 0.164. The van der Waals surface area contributed by atoms with Crippen LogP contribution < -0.4 is 20.2 Å². The van der Waals surface area contributed by atoms with Crippen molar-refractivity contribution in [1.82, 2.24) is 5.43 Å². The molecule has 164 valence electrons. The minimum atomic E-state index is -0.402. The Morgan fingerprint density at radius 2 is 1.41 bits per heavy atom. The van der Waals surface area contributed by atoms with Crippen molar-refractivity contribution in [3.05, 3.63) is 88.4 Å². The van der Waals surface area contributed by atoms with E-state index in [4.69, 9.17) is 32.7 Å². The van der Waals surface area contributed by atoms with E-state index >= 15 is 0 Å². The molecule has 0 fully saturated rings. The van der Waals surface area contributed by atoms with Gasteiger partial charge in [-0.3, -0.25) is 9.59 Å². The molecule has 0 aromatic heterocycles. The van der Waals surface area contributed by atoms with Crippen molar-refractivity contribution < 1.29 is 19.1 Å². The van der Waals surface area contributed by atoms with Gasteiger partial charge in [0.25, 0.3) is 11.8 Å². The Morgan fingerprint density at radius 3 is 2.06 bits per heavy atom. The van der Waals surface area contributed by atoms with Gasteiger partial charge in [0.1, 0.15) is 11.5 Å². The molecule has 0 aliphatic carbocycles. The first-order valence-corrected chi connectivity index (χ1v) is 10.2. The number of hydrogen-bond acceptors (Lipinski definition) is 5. The Labute approximate surface area is 194 Å². The predicted molar refractivity (Wildman–Crippen MR) is 125 cm³/mol. The van der Waals surface area contributed by atoms with Crippen LogP contribution in [0.15, 0.2) is 77.9 Å². The fourth-order valence-electron chi connectivity index (χ4n) is 2.44. The summed E-state index contributed by atoms with van der Waals surface area (Å²) in [6.07, 6.45) is 1.48. The molecule has 0 saturated heterocycles. The molecular weight excluding hydrogens is 453 g/mol. The number of benzene rings is 3. The fraction of sp³-hybridized carbons (Fsp3) is 0.0870. The zero-order valence-electron chi connectivity index (χ0n) is 16.8. The second kappa shape index (κ2) is 11.7. The number of halogens is 2. The quantitative estimate of drug-likeness (QED) is 0.354. The number of rotatable bonds is 9. The van der Waals surface area contributed by atoms with E-state index in [0.717, 1.165) is 5.56 Å². The third-order valence-electron chi connectivity index (χ3n) is 3.98. The van der Waals surface area contributed by atoms with Crippen LogP contribution in [0.25, 0.3) is 0 Å². The highest BCUT2D eigenvalue weighted by atomic mass is 35.5. The van der Waals surface area contributed by atoms with E-state index in [-0.39, 0.29) is 19.1 Å². The molecule has 0 radical (unpaired) electrons. The van der Waals surface area contributed by atoms with Crippen LogP contribution in [0.2, 0.25) is 10.0 Å². The van der Waals surface area contributed by atoms with Gasteiger partial charge in [0.05, 0.1) is 16.9 Å². The lowest BCUT2D eigenvalue weighted by Gasteiger charge is -2.08. The number of anilines is 1. The maximum atomic E-state index is 12.0. The van der Waals surface area contributed by atoms with E-state index in [1.807, 2.05) is 0 Å². The molecule has 9 heteroatoms. The standard InChI is InChI=1S/C23H19Cl2N3O4/c24-17-7-11-19(12-8-17)32-15-23(30)28-26-13-16-5-9-18(10-6-16)31-14-22(29)27-21-4-2-1-3-20(21)25/h1-13H,14-15H2,(H,27,29)(H,28,30)/b26-13-. The monoisotopic (exact) mass is 471 g/mol. The summed E-state index contributed by atoms with van der Waals surface area (Å²) in [6.45, 7) is -0.343. The van der Waals surface area contributed by atoms with Gasteiger partial charge in [0.2, 0.25) is 0 Å². The Balaban J connectivity index is 1.39. The van der Waals surface area contributed by atoms with Gasteiger partial charge in [0.15, 0.2) is 13.2 Å². The van der Waals surface area contributed by atoms with Crippen LogP contribution in [-0.2, 0) is 9.59 Å². The van der Waals surface area contributed by atoms with Crippen LogP contribution >= 0.6 is 23.2 Å². The number of hydrazone groups is 1. The molecule has 0 atom stereocenters. The second-order valence-corrected chi connectivity index (χ2v) is 7.27. The summed E-state index contributed by atoms with van der Waals surface area (Å²) >= 11 is 11.8. The third-order valence-corrected chi connectivity index (χ3v) is 4.57. The number of nitrogens with zero attached hydrogens (tertiary/aromatic N) is 1. The first-order chi connectivity index (χ1) is 15.5. The summed E-state index contributed by atoms with van der Waals surface area (Å²) < 4.78 is 10.8. The average molecular weight is 472 g/mol. The minimum Gasteiger partial charge on any atom is -0.484 e. The molecule has 0 aliphatic rings. The van der Waals surface area contributed by atoms with Crippen LogP contribution in [0, 0.1) is 0 Å². The Bertz CT molecular complexity index is 1090. The van der Waals surface area contributed by atoms with Gasteiger partial charge in [-0.05, 0) is 66.2 Å². The van der Waals surface area contributed by atoms with Crippen molar-refractivity contribution >= 4 is 46.9 Å². The van der Waals surface area contributed by atoms with Crippen LogP contribution in [-0.4, -0.2) is 31.2 Å². The number of ether oxygens (including phenoxy) is 2. The topological polar surface area (TPSA) is 89.0 Å². The molecule has 3 rings (SSSR count). The molecule has 0 bridgehead atoms. The van der Waals surface area contributed by atoms with Gasteiger partial charge in [-0.2, -0.15) is 5.10 Å². The van der Waals surface area contributed by atoms with E-state index in [9.17, 15) is 9.59 Å². The van der Waals surface area contributed by atoms with Crippen molar-refractivity contribution in [3.63, 3.8) is 0 Å². The van der Waals surface area contributed by atoms with E-state index < -0.39 is 5.91 Å². The van der Waals surface area contributed by atoms with Crippen molar-refractivity contribution in [2.24, 2.45) is 5.10 Å². The van der Waals surface area contributed by atoms with Crippen LogP contribution in [0.5, 0.6) is 11.5 Å². The summed E-state index contributed by atoms with van der Waals surface area (Å²) in [7, 11) is 0. The number of hydrogen-bond donors (Lipinski definition) is 2. The highest BCUT2D eigenvalue weighted by Gasteiger charge is 2.06. The smallest absolute Gasteiger partial charge is 0.277 e. The maximum Gasteiger partial charge on any atom is 0.277 e. The largest absolute Gasteiger partial charge is 0.484 e. The van der Waals surface area contributed by atoms with E-state index in [1.54, 1.807) is 72.8 Å². The molecule has 7 nitrogen and oxygen atoms in total. The predicted octanol–water partition coefficient (Wildman–Crippen LogP) is 4.54. The lowest BCUT2D eigenvalue weighted by Crippen LogP contribution is -2.24. The highest BCUT2D eigenvalue weighted by Crippen LogP contribution is 2.20. The van der Waals surface area contributed by atoms with Gasteiger partial charge in [0, 0.05) is 5.02 Å². The van der Waals surface area contributed by atoms with E-state index in [0.29, 0.717) is 27.2 Å². The number of nitrogens with one attached hydrogen (secondary N) is 2. The van der Waals surface area contributed by atoms with Gasteiger partial charge >= 0.3 is 0 Å². The fourth-order valence-corrected chi connectivity index (χ4v) is 2.75. The number of carbonyl (C=O) groups is 2. The highest BCUT2D eigenvalue weighted by molar-refractivity contribution is 6.33. The third kappa shape index (κ3) is 7.61. The molecule has 0 spiro atoms. The van der Waals surface area contributed by atoms with Gasteiger partial charge in [-0.25, -0.2) is 5.43 Å². The molecule has 0 unspecified atom stereocenters. The van der Waals surface area contributed by atoms with Crippen molar-refractivity contribution in [1.29, 1.82) is 0 Å². The molecule has 2 N–H and O–H groups in total. The van der Waals surface area contributed by atoms with Crippen molar-refractivity contribution in [2.45, 2.75) is 0 Å². The molecule has 0 saturated carbocycles. The SMILES string of the molecule is O=C(COc1ccc(Cl)cc1)N/N=C\c1ccc(OCC(=O)Nc2ccccc2Cl)cc1. The van der Waals surface area contributed by atoms with Crippen LogP contribution in [0.3, 0.4) is 0 Å². The average Bonchev–Trinajstić information content (AvgIpc) is 2.80. The number of amides is 2. The van der Waals surface area contributed by atoms with E-state index in [2.05, 4.69) is 15.8 Å². The Hall–Kier alpha value is -3.55. The van der Waals surface area contributed by atoms with Gasteiger partial charge in [-0.15, -0.1) is 0 Å². The number of carbonyl (C=O) groups excluding carboxylic acids is 2. The first kappa shape index (κ1) is 23.1. The lowest BCUT2D eigenvalue weighted by atomic mass is 10.2. The summed E-state index contributed by atoms with van der Waals surface area (Å²) in [5, 5.41) is 7.60. The summed E-state index contributed by atoms with van der Waals surface area (Å²) in [4.78, 5) is 23.8. The molecule has 3 aromatic rings. The molecular formula is C23H19Cl2N3O4. The normalized spacial score (nSPS) is 10.6. The van der Waals surface area contributed by atoms with Crippen LogP contribution in [0.1, 0.15) is 5.56 Å². The Kier molecular flexibility index (Phi) is 8.48. The van der Waals surface area contributed by atoms with Crippen LogP contribution in [0.4, 0.5) is 5.69 Å². The summed E-state index contributed by atoms with van der Waals surface area (Å²) in [5.74, 6) is 0.314. The molecule has 0 heterocycles. The summed E-state index contributed by atoms with van der Waals surface area (Å²) in [6, 6.07) is 20.5. The molecule has 0 aliphatic heterocycles. The van der Waals surface area contributed by atoms with E-state index in [1.165, 1.54) is 6.21 Å². The van der Waals surface area contributed by atoms with Crippen molar-refractivity contribution in [2.75, 3.05) is 18.5 Å². The Morgan fingerprint density at radius 1 is 0.812 bits per heavy atom. The van der Waals surface area contributed by atoms with Gasteiger partial charge < -0.3 is 14.8 Å². The molecule has 3 aromatic carbocycles. The lowest BCUT2D eigenvalue weighted by molar-refractivity contribution is -0.123. The zero-order valence-corrected chi connectivity index (χ0v) is 18.3. The molecule has 2 amide bonds. The second-order valence-electron chi connectivity index (χ2n) is 6.42. The summed E-state index contributed by atoms with van der Waals surface area (Å²) in [5.41, 5.74) is 3.64. The first-order valence-electron chi connectivity index (χ1n) is 9.47. The van der Waals surface area contributed by atoms with Crippen molar-refractivity contribution in [3.8, 4) is 11.5 Å². The molecule has 32 heavy (non-hydrogen) atoms. The zero-order chi connectivity index (χ0) is 22.8. The van der Waals surface area contributed by atoms with Gasteiger partial charge in [-0.1, -0.05) is 35.3 Å². The number of para-hydroxylation sites is 1.